The topological polar surface area (TPSA) is 35.0 Å². The highest BCUT2D eigenvalue weighted by atomic mass is 16.5. The highest BCUT2D eigenvalue weighted by Crippen LogP contribution is 2.62. The average molecular weight is 617 g/mol. The van der Waals surface area contributed by atoms with Gasteiger partial charge in [-0.1, -0.05) is 127 Å². The van der Waals surface area contributed by atoms with Crippen molar-refractivity contribution in [2.75, 3.05) is 0 Å². The minimum atomic E-state index is -0.402. The van der Waals surface area contributed by atoms with Crippen LogP contribution in [0.15, 0.2) is 163 Å². The summed E-state index contributed by atoms with van der Waals surface area (Å²) in [5.41, 5.74) is 12.9. The van der Waals surface area contributed by atoms with Gasteiger partial charge in [0.2, 0.25) is 0 Å². The molecule has 0 radical (unpaired) electrons. The quantitative estimate of drug-likeness (QED) is 0.198. The van der Waals surface area contributed by atoms with Crippen LogP contribution in [0.4, 0.5) is 0 Å². The molecule has 1 aliphatic heterocycles. The van der Waals surface area contributed by atoms with Crippen molar-refractivity contribution >= 4 is 21.9 Å². The van der Waals surface area contributed by atoms with Crippen LogP contribution in [-0.4, -0.2) is 9.97 Å². The highest BCUT2D eigenvalue weighted by Gasteiger charge is 2.53. The predicted molar refractivity (Wildman–Crippen MR) is 194 cm³/mol. The number of hydrogen-bond acceptors (Lipinski definition) is 3. The number of hydrogen-bond donors (Lipinski definition) is 0. The number of aromatic nitrogens is 2. The molecule has 1 atom stereocenters. The van der Waals surface area contributed by atoms with Crippen LogP contribution in [-0.2, 0) is 5.41 Å². The van der Waals surface area contributed by atoms with E-state index in [1.807, 2.05) is 6.07 Å². The van der Waals surface area contributed by atoms with Gasteiger partial charge in [-0.15, -0.1) is 0 Å². The Balaban J connectivity index is 1.22. The van der Waals surface area contributed by atoms with E-state index in [1.165, 1.54) is 49.8 Å². The molecule has 3 aliphatic carbocycles. The van der Waals surface area contributed by atoms with Gasteiger partial charge in [0.1, 0.15) is 11.5 Å². The summed E-state index contributed by atoms with van der Waals surface area (Å²) in [5, 5.41) is 2.39. The highest BCUT2D eigenvalue weighted by molar-refractivity contribution is 5.97. The van der Waals surface area contributed by atoms with Crippen LogP contribution in [0, 0.1) is 0 Å². The summed E-state index contributed by atoms with van der Waals surface area (Å²) in [6.07, 6.45) is 10.8. The molecular weight excluding hydrogens is 585 g/mol. The largest absolute Gasteiger partial charge is 0.461 e. The molecule has 1 unspecified atom stereocenters. The fraction of sp³-hybridized carbons (Fsp3) is 0.111. The standard InChI is InChI=1S/C45H32N2O/c1-2-14-30(15-3-1)44-46-40(28-41(47-44)35-20-12-16-29-13-4-5-17-32(29)35)31-25-26-43-39(27-31)45(38-23-10-11-24-42(38)48-43)36-21-8-6-18-33(36)34-19-7-9-22-37(34)45/h1-8,10-21,23-24,27-28H,9,22,25-26H2. The van der Waals surface area contributed by atoms with E-state index in [1.54, 1.807) is 0 Å². The number of rotatable bonds is 3. The third-order valence-corrected chi connectivity index (χ3v) is 10.6. The molecule has 1 aromatic heterocycles. The lowest BCUT2D eigenvalue weighted by atomic mass is 9.62. The van der Waals surface area contributed by atoms with Gasteiger partial charge in [0, 0.05) is 28.7 Å². The van der Waals surface area contributed by atoms with Gasteiger partial charge in [0.15, 0.2) is 5.82 Å². The van der Waals surface area contributed by atoms with Crippen LogP contribution in [0.25, 0.3) is 44.6 Å². The van der Waals surface area contributed by atoms with E-state index in [-0.39, 0.29) is 0 Å². The van der Waals surface area contributed by atoms with Gasteiger partial charge in [0.05, 0.1) is 16.8 Å². The maximum Gasteiger partial charge on any atom is 0.160 e. The minimum Gasteiger partial charge on any atom is -0.461 e. The van der Waals surface area contributed by atoms with E-state index in [9.17, 15) is 0 Å². The number of allylic oxidation sites excluding steroid dienone is 8. The normalized spacial score (nSPS) is 19.0. The fourth-order valence-corrected chi connectivity index (χ4v) is 8.52. The molecule has 0 fully saturated rings. The molecule has 5 aromatic carbocycles. The first kappa shape index (κ1) is 27.3. The lowest BCUT2D eigenvalue weighted by Crippen LogP contribution is -2.36. The number of benzene rings is 5. The maximum atomic E-state index is 6.80. The summed E-state index contributed by atoms with van der Waals surface area (Å²) in [4.78, 5) is 10.5. The molecule has 0 N–H and O–H groups in total. The number of para-hydroxylation sites is 1. The van der Waals surface area contributed by atoms with Gasteiger partial charge in [-0.25, -0.2) is 9.97 Å². The molecule has 3 heteroatoms. The second kappa shape index (κ2) is 10.6. The number of nitrogens with zero attached hydrogens (tertiary/aromatic N) is 2. The summed E-state index contributed by atoms with van der Waals surface area (Å²) >= 11 is 0. The van der Waals surface area contributed by atoms with Crippen LogP contribution in [0.2, 0.25) is 0 Å². The summed E-state index contributed by atoms with van der Waals surface area (Å²) in [6.45, 7) is 0. The van der Waals surface area contributed by atoms with E-state index in [4.69, 9.17) is 14.7 Å². The van der Waals surface area contributed by atoms with Crippen LogP contribution in [0.3, 0.4) is 0 Å². The molecule has 4 aliphatic rings. The van der Waals surface area contributed by atoms with Crippen molar-refractivity contribution in [1.29, 1.82) is 0 Å². The maximum absolute atomic E-state index is 6.80. The molecule has 6 aromatic rings. The molecule has 10 rings (SSSR count). The van der Waals surface area contributed by atoms with Gasteiger partial charge in [-0.3, -0.25) is 0 Å². The Kier molecular flexibility index (Phi) is 6.04. The lowest BCUT2D eigenvalue weighted by Gasteiger charge is -2.43. The van der Waals surface area contributed by atoms with Gasteiger partial charge in [-0.2, -0.15) is 0 Å². The molecular formula is C45H32N2O. The van der Waals surface area contributed by atoms with Crippen LogP contribution in [0.1, 0.15) is 48.1 Å². The molecule has 1 spiro atoms. The van der Waals surface area contributed by atoms with E-state index < -0.39 is 5.41 Å². The third-order valence-electron chi connectivity index (χ3n) is 10.6. The molecule has 2 heterocycles. The Morgan fingerprint density at radius 2 is 1.38 bits per heavy atom. The van der Waals surface area contributed by atoms with Crippen molar-refractivity contribution in [1.82, 2.24) is 9.97 Å². The van der Waals surface area contributed by atoms with Gasteiger partial charge >= 0.3 is 0 Å². The molecule has 0 amide bonds. The lowest BCUT2D eigenvalue weighted by molar-refractivity contribution is 0.362. The van der Waals surface area contributed by atoms with Crippen molar-refractivity contribution < 1.29 is 4.74 Å². The van der Waals surface area contributed by atoms with Crippen LogP contribution < -0.4 is 4.74 Å². The van der Waals surface area contributed by atoms with Crippen LogP contribution >= 0.6 is 0 Å². The number of fused-ring (bicyclic) bond motifs is 8. The summed E-state index contributed by atoms with van der Waals surface area (Å²) in [7, 11) is 0. The van der Waals surface area contributed by atoms with Crippen LogP contribution in [0.5, 0.6) is 5.75 Å². The first-order valence-corrected chi connectivity index (χ1v) is 16.9. The van der Waals surface area contributed by atoms with Crippen molar-refractivity contribution in [2.45, 2.75) is 31.1 Å². The zero-order valence-electron chi connectivity index (χ0n) is 26.5. The minimum absolute atomic E-state index is 0.402. The number of ether oxygens (including phenoxy) is 1. The molecule has 228 valence electrons. The summed E-state index contributed by atoms with van der Waals surface area (Å²) in [6, 6.07) is 45.3. The Morgan fingerprint density at radius 3 is 2.31 bits per heavy atom. The Hall–Kier alpha value is -5.80. The van der Waals surface area contributed by atoms with Crippen molar-refractivity contribution in [3.8, 4) is 28.4 Å². The summed E-state index contributed by atoms with van der Waals surface area (Å²) in [5.74, 6) is 2.78. The van der Waals surface area contributed by atoms with E-state index in [0.717, 1.165) is 65.5 Å². The van der Waals surface area contributed by atoms with E-state index in [2.05, 4.69) is 140 Å². The van der Waals surface area contributed by atoms with Gasteiger partial charge in [-0.05, 0) is 76.1 Å². The SMILES string of the molecule is C1=CC2=C(CC1)C1(C3=C(CCC(c4cc(-c5cccc6ccccc56)nc(-c5ccccc5)n4)=C3)Oc3ccccc31)c1ccccc12. The fourth-order valence-electron chi connectivity index (χ4n) is 8.52. The van der Waals surface area contributed by atoms with Crippen molar-refractivity contribution in [2.24, 2.45) is 0 Å². The molecule has 3 nitrogen and oxygen atoms in total. The zero-order valence-corrected chi connectivity index (χ0v) is 26.5. The third kappa shape index (κ3) is 3.94. The molecule has 0 saturated heterocycles. The van der Waals surface area contributed by atoms with Crippen molar-refractivity contribution in [3.63, 3.8) is 0 Å². The first-order valence-electron chi connectivity index (χ1n) is 16.9. The Bertz CT molecular complexity index is 2420. The van der Waals surface area contributed by atoms with Gasteiger partial charge < -0.3 is 4.74 Å². The smallest absolute Gasteiger partial charge is 0.160 e. The van der Waals surface area contributed by atoms with E-state index >= 15 is 0 Å². The molecule has 48 heavy (non-hydrogen) atoms. The first-order chi connectivity index (χ1) is 23.8. The van der Waals surface area contributed by atoms with E-state index in [0.29, 0.717) is 0 Å². The predicted octanol–water partition coefficient (Wildman–Crippen LogP) is 10.9. The molecule has 0 saturated carbocycles. The second-order valence-electron chi connectivity index (χ2n) is 13.1. The average Bonchev–Trinajstić information content (AvgIpc) is 3.45. The zero-order chi connectivity index (χ0) is 31.7. The molecule has 0 bridgehead atoms. The second-order valence-corrected chi connectivity index (χ2v) is 13.1. The van der Waals surface area contributed by atoms with Crippen molar-refractivity contribution in [3.05, 3.63) is 185 Å². The Labute approximate surface area is 280 Å². The summed E-state index contributed by atoms with van der Waals surface area (Å²) < 4.78 is 6.80. The Morgan fingerprint density at radius 1 is 0.625 bits per heavy atom. The monoisotopic (exact) mass is 616 g/mol. The van der Waals surface area contributed by atoms with Gasteiger partial charge in [0.25, 0.3) is 0 Å².